The summed E-state index contributed by atoms with van der Waals surface area (Å²) in [6, 6.07) is 0. The lowest BCUT2D eigenvalue weighted by Gasteiger charge is -2.33. The predicted octanol–water partition coefficient (Wildman–Crippen LogP) is 1.87. The highest BCUT2D eigenvalue weighted by molar-refractivity contribution is 7.15. The van der Waals surface area contributed by atoms with Crippen molar-refractivity contribution >= 4 is 16.5 Å². The summed E-state index contributed by atoms with van der Waals surface area (Å²) in [6.45, 7) is 12.8. The van der Waals surface area contributed by atoms with E-state index in [4.69, 9.17) is 10.7 Å². The van der Waals surface area contributed by atoms with E-state index in [1.54, 1.807) is 11.3 Å². The molecule has 1 fully saturated rings. The standard InChI is InChI=1S/C13H24N4S/c1-4-16-5-7-17(8-6-16)13-15-12(10(2)3)11(9-14)18-13/h10H,4-9,14H2,1-3H3. The lowest BCUT2D eigenvalue weighted by molar-refractivity contribution is 0.271. The van der Waals surface area contributed by atoms with Crippen LogP contribution in [0.2, 0.25) is 0 Å². The Morgan fingerprint density at radius 3 is 2.39 bits per heavy atom. The van der Waals surface area contributed by atoms with Crippen LogP contribution in [0.15, 0.2) is 0 Å². The molecule has 18 heavy (non-hydrogen) atoms. The Hall–Kier alpha value is -0.650. The largest absolute Gasteiger partial charge is 0.346 e. The number of nitrogens with zero attached hydrogens (tertiary/aromatic N) is 3. The summed E-state index contributed by atoms with van der Waals surface area (Å²) in [5, 5.41) is 1.16. The van der Waals surface area contributed by atoms with Crippen LogP contribution in [0, 0.1) is 0 Å². The van der Waals surface area contributed by atoms with Crippen LogP contribution in [-0.4, -0.2) is 42.6 Å². The van der Waals surface area contributed by atoms with Gasteiger partial charge in [-0.3, -0.25) is 0 Å². The maximum absolute atomic E-state index is 5.82. The van der Waals surface area contributed by atoms with Gasteiger partial charge in [0.1, 0.15) is 0 Å². The van der Waals surface area contributed by atoms with Crippen LogP contribution in [0.1, 0.15) is 37.3 Å². The third-order valence-electron chi connectivity index (χ3n) is 3.54. The Balaban J connectivity index is 2.10. The van der Waals surface area contributed by atoms with E-state index >= 15 is 0 Å². The van der Waals surface area contributed by atoms with E-state index < -0.39 is 0 Å². The predicted molar refractivity (Wildman–Crippen MR) is 78.4 cm³/mol. The zero-order valence-electron chi connectivity index (χ0n) is 11.6. The summed E-state index contributed by atoms with van der Waals surface area (Å²) < 4.78 is 0. The van der Waals surface area contributed by atoms with Gasteiger partial charge in [-0.15, -0.1) is 11.3 Å². The van der Waals surface area contributed by atoms with E-state index in [2.05, 4.69) is 30.6 Å². The minimum absolute atomic E-state index is 0.463. The highest BCUT2D eigenvalue weighted by Gasteiger charge is 2.21. The van der Waals surface area contributed by atoms with Gasteiger partial charge in [-0.1, -0.05) is 20.8 Å². The molecule has 0 saturated carbocycles. The first-order chi connectivity index (χ1) is 8.65. The number of hydrogen-bond acceptors (Lipinski definition) is 5. The number of thiazole rings is 1. The summed E-state index contributed by atoms with van der Waals surface area (Å²) in [5.74, 6) is 0.463. The molecule has 0 bridgehead atoms. The van der Waals surface area contributed by atoms with E-state index in [1.165, 1.54) is 10.6 Å². The summed E-state index contributed by atoms with van der Waals surface area (Å²) in [5.41, 5.74) is 7.01. The van der Waals surface area contributed by atoms with Gasteiger partial charge in [0, 0.05) is 37.6 Å². The maximum Gasteiger partial charge on any atom is 0.185 e. The quantitative estimate of drug-likeness (QED) is 0.905. The van der Waals surface area contributed by atoms with Crippen LogP contribution < -0.4 is 10.6 Å². The van der Waals surface area contributed by atoms with E-state index in [-0.39, 0.29) is 0 Å². The molecule has 0 aliphatic carbocycles. The van der Waals surface area contributed by atoms with Crippen molar-refractivity contribution < 1.29 is 0 Å². The average molecular weight is 268 g/mol. The van der Waals surface area contributed by atoms with Crippen molar-refractivity contribution in [1.82, 2.24) is 9.88 Å². The summed E-state index contributed by atoms with van der Waals surface area (Å²) in [4.78, 5) is 10.9. The second-order valence-corrected chi connectivity index (χ2v) is 6.15. The fourth-order valence-corrected chi connectivity index (χ4v) is 3.48. The normalized spacial score (nSPS) is 17.7. The minimum atomic E-state index is 0.463. The molecule has 2 N–H and O–H groups in total. The first-order valence-electron chi connectivity index (χ1n) is 6.82. The van der Waals surface area contributed by atoms with Gasteiger partial charge >= 0.3 is 0 Å². The summed E-state index contributed by atoms with van der Waals surface area (Å²) in [7, 11) is 0. The van der Waals surface area contributed by atoms with E-state index in [1.807, 2.05) is 0 Å². The van der Waals surface area contributed by atoms with Gasteiger partial charge in [-0.25, -0.2) is 4.98 Å². The van der Waals surface area contributed by atoms with Gasteiger partial charge in [0.2, 0.25) is 0 Å². The number of rotatable bonds is 4. The molecule has 0 spiro atoms. The highest BCUT2D eigenvalue weighted by Crippen LogP contribution is 2.30. The molecule has 2 heterocycles. The molecule has 0 unspecified atom stereocenters. The fraction of sp³-hybridized carbons (Fsp3) is 0.769. The fourth-order valence-electron chi connectivity index (χ4n) is 2.34. The molecule has 1 aromatic heterocycles. The van der Waals surface area contributed by atoms with Crippen LogP contribution in [0.5, 0.6) is 0 Å². The molecule has 0 radical (unpaired) electrons. The monoisotopic (exact) mass is 268 g/mol. The molecule has 1 aliphatic heterocycles. The molecule has 0 atom stereocenters. The first-order valence-corrected chi connectivity index (χ1v) is 7.64. The van der Waals surface area contributed by atoms with Crippen molar-refractivity contribution in [3.8, 4) is 0 Å². The number of nitrogens with two attached hydrogens (primary N) is 1. The number of hydrogen-bond donors (Lipinski definition) is 1. The van der Waals surface area contributed by atoms with Crippen LogP contribution >= 0.6 is 11.3 Å². The third-order valence-corrected chi connectivity index (χ3v) is 4.69. The summed E-state index contributed by atoms with van der Waals surface area (Å²) >= 11 is 1.77. The molecular formula is C13H24N4S. The number of likely N-dealkylation sites (N-methyl/N-ethyl adjacent to an activating group) is 1. The van der Waals surface area contributed by atoms with Crippen molar-refractivity contribution in [2.75, 3.05) is 37.6 Å². The molecule has 1 saturated heterocycles. The Morgan fingerprint density at radius 2 is 1.94 bits per heavy atom. The molecular weight excluding hydrogens is 244 g/mol. The molecule has 1 aliphatic rings. The second-order valence-electron chi connectivity index (χ2n) is 5.08. The number of piperazine rings is 1. The lowest BCUT2D eigenvalue weighted by atomic mass is 10.1. The minimum Gasteiger partial charge on any atom is -0.346 e. The maximum atomic E-state index is 5.82. The molecule has 1 aromatic rings. The topological polar surface area (TPSA) is 45.4 Å². The van der Waals surface area contributed by atoms with Crippen molar-refractivity contribution in [1.29, 1.82) is 0 Å². The van der Waals surface area contributed by atoms with E-state index in [0.29, 0.717) is 12.5 Å². The molecule has 0 amide bonds. The highest BCUT2D eigenvalue weighted by atomic mass is 32.1. The van der Waals surface area contributed by atoms with Crippen molar-refractivity contribution in [2.45, 2.75) is 33.2 Å². The zero-order valence-corrected chi connectivity index (χ0v) is 12.5. The Bertz CT molecular complexity index is 380. The van der Waals surface area contributed by atoms with Crippen LogP contribution in [0.25, 0.3) is 0 Å². The summed E-state index contributed by atoms with van der Waals surface area (Å²) in [6.07, 6.45) is 0. The molecule has 4 nitrogen and oxygen atoms in total. The molecule has 2 rings (SSSR count). The Labute approximate surface area is 114 Å². The van der Waals surface area contributed by atoms with Crippen LogP contribution in [-0.2, 0) is 6.54 Å². The van der Waals surface area contributed by atoms with Crippen LogP contribution in [0.3, 0.4) is 0 Å². The third kappa shape index (κ3) is 2.84. The van der Waals surface area contributed by atoms with Gasteiger partial charge < -0.3 is 15.5 Å². The van der Waals surface area contributed by atoms with Gasteiger partial charge in [0.15, 0.2) is 5.13 Å². The number of anilines is 1. The van der Waals surface area contributed by atoms with E-state index in [9.17, 15) is 0 Å². The van der Waals surface area contributed by atoms with E-state index in [0.717, 1.165) is 37.9 Å². The van der Waals surface area contributed by atoms with Gasteiger partial charge in [0.05, 0.1) is 5.69 Å². The molecule has 5 heteroatoms. The van der Waals surface area contributed by atoms with Crippen molar-refractivity contribution in [3.05, 3.63) is 10.6 Å². The van der Waals surface area contributed by atoms with Crippen molar-refractivity contribution in [2.24, 2.45) is 5.73 Å². The lowest BCUT2D eigenvalue weighted by Crippen LogP contribution is -2.46. The first kappa shape index (κ1) is 13.8. The average Bonchev–Trinajstić information content (AvgIpc) is 2.83. The second kappa shape index (κ2) is 5.99. The SMILES string of the molecule is CCN1CCN(c2nc(C(C)C)c(CN)s2)CC1. The molecule has 0 aromatic carbocycles. The van der Waals surface area contributed by atoms with Crippen LogP contribution in [0.4, 0.5) is 5.13 Å². The Morgan fingerprint density at radius 1 is 1.28 bits per heavy atom. The smallest absolute Gasteiger partial charge is 0.185 e. The van der Waals surface area contributed by atoms with Gasteiger partial charge in [-0.05, 0) is 12.5 Å². The van der Waals surface area contributed by atoms with Gasteiger partial charge in [0.25, 0.3) is 0 Å². The molecule has 102 valence electrons. The van der Waals surface area contributed by atoms with Gasteiger partial charge in [-0.2, -0.15) is 0 Å². The Kier molecular flexibility index (Phi) is 4.59. The number of aromatic nitrogens is 1. The zero-order chi connectivity index (χ0) is 13.1. The van der Waals surface area contributed by atoms with Crippen molar-refractivity contribution in [3.63, 3.8) is 0 Å².